The van der Waals surface area contributed by atoms with Crippen LogP contribution in [0.4, 0.5) is 0 Å². The van der Waals surface area contributed by atoms with Gasteiger partial charge in [-0.2, -0.15) is 5.26 Å². The largest absolute Gasteiger partial charge is 0.461 e. The number of carbonyl (C=O) groups is 1. The van der Waals surface area contributed by atoms with Gasteiger partial charge in [0, 0.05) is 18.8 Å². The van der Waals surface area contributed by atoms with Crippen LogP contribution in [0.15, 0.2) is 54.7 Å². The predicted molar refractivity (Wildman–Crippen MR) is 106 cm³/mol. The van der Waals surface area contributed by atoms with E-state index in [9.17, 15) is 10.1 Å². The molecule has 136 valence electrons. The smallest absolute Gasteiger partial charge is 0.355 e. The fraction of sp³-hybridized carbons (Fsp3) is 0.217. The Hall–Kier alpha value is -3.32. The van der Waals surface area contributed by atoms with E-state index in [1.807, 2.05) is 36.4 Å². The predicted octanol–water partition coefficient (Wildman–Crippen LogP) is 4.97. The number of aryl methyl sites for hydroxylation is 2. The van der Waals surface area contributed by atoms with E-state index in [0.717, 1.165) is 17.5 Å². The van der Waals surface area contributed by atoms with Crippen LogP contribution in [0.1, 0.15) is 35.5 Å². The van der Waals surface area contributed by atoms with E-state index in [4.69, 9.17) is 4.74 Å². The highest BCUT2D eigenvalue weighted by atomic mass is 16.5. The lowest BCUT2D eigenvalue weighted by Gasteiger charge is -2.10. The monoisotopic (exact) mass is 358 g/mol. The molecule has 3 rings (SSSR count). The molecule has 1 heterocycles. The lowest BCUT2D eigenvalue weighted by Crippen LogP contribution is -2.10. The second-order valence-electron chi connectivity index (χ2n) is 6.30. The molecule has 0 aliphatic rings. The summed E-state index contributed by atoms with van der Waals surface area (Å²) in [6.45, 7) is 4.20. The number of hydrogen-bond donors (Lipinski definition) is 0. The Bertz CT molecular complexity index is 1010. The summed E-state index contributed by atoms with van der Waals surface area (Å²) in [6.07, 6.45) is 2.63. The van der Waals surface area contributed by atoms with E-state index in [2.05, 4.69) is 25.1 Å². The van der Waals surface area contributed by atoms with Gasteiger partial charge in [0.15, 0.2) is 0 Å². The fourth-order valence-electron chi connectivity index (χ4n) is 3.38. The average molecular weight is 358 g/mol. The highest BCUT2D eigenvalue weighted by Gasteiger charge is 2.22. The van der Waals surface area contributed by atoms with Gasteiger partial charge in [-0.15, -0.1) is 0 Å². The molecular formula is C23H22N2O2. The molecule has 0 saturated carbocycles. The van der Waals surface area contributed by atoms with Crippen molar-refractivity contribution in [3.05, 3.63) is 71.5 Å². The van der Waals surface area contributed by atoms with Crippen LogP contribution in [0.25, 0.3) is 22.3 Å². The van der Waals surface area contributed by atoms with Crippen LogP contribution in [0.5, 0.6) is 0 Å². The van der Waals surface area contributed by atoms with Gasteiger partial charge in [0.25, 0.3) is 0 Å². The van der Waals surface area contributed by atoms with Gasteiger partial charge >= 0.3 is 5.97 Å². The van der Waals surface area contributed by atoms with Crippen LogP contribution in [-0.4, -0.2) is 17.1 Å². The zero-order valence-corrected chi connectivity index (χ0v) is 15.8. The molecule has 0 saturated heterocycles. The van der Waals surface area contributed by atoms with Crippen molar-refractivity contribution in [2.24, 2.45) is 7.05 Å². The van der Waals surface area contributed by atoms with Crippen LogP contribution < -0.4 is 0 Å². The molecule has 4 heteroatoms. The van der Waals surface area contributed by atoms with E-state index < -0.39 is 5.97 Å². The highest BCUT2D eigenvalue weighted by molar-refractivity contribution is 5.98. The zero-order valence-electron chi connectivity index (χ0n) is 15.8. The molecule has 3 aromatic rings. The zero-order chi connectivity index (χ0) is 19.4. The summed E-state index contributed by atoms with van der Waals surface area (Å²) in [5.41, 5.74) is 5.91. The van der Waals surface area contributed by atoms with Gasteiger partial charge in [-0.1, -0.05) is 55.5 Å². The number of nitrogens with zero attached hydrogens (tertiary/aromatic N) is 2. The van der Waals surface area contributed by atoms with E-state index in [-0.39, 0.29) is 6.61 Å². The van der Waals surface area contributed by atoms with Crippen LogP contribution in [0, 0.1) is 11.3 Å². The number of carbonyl (C=O) groups excluding carboxylic acids is 1. The summed E-state index contributed by atoms with van der Waals surface area (Å²) >= 11 is 0. The molecule has 4 nitrogen and oxygen atoms in total. The lowest BCUT2D eigenvalue weighted by atomic mass is 9.95. The molecule has 0 fully saturated rings. The van der Waals surface area contributed by atoms with Gasteiger partial charge in [-0.05, 0) is 35.6 Å². The normalized spacial score (nSPS) is 10.4. The van der Waals surface area contributed by atoms with E-state index in [0.29, 0.717) is 16.8 Å². The number of aromatic nitrogens is 1. The Kier molecular flexibility index (Phi) is 5.42. The molecule has 0 aliphatic carbocycles. The summed E-state index contributed by atoms with van der Waals surface area (Å²) in [5.74, 6) is -0.420. The highest BCUT2D eigenvalue weighted by Crippen LogP contribution is 2.32. The number of nitriles is 1. The first-order valence-electron chi connectivity index (χ1n) is 9.05. The summed E-state index contributed by atoms with van der Waals surface area (Å²) in [6, 6.07) is 18.5. The first kappa shape index (κ1) is 18.5. The van der Waals surface area contributed by atoms with Crippen molar-refractivity contribution < 1.29 is 9.53 Å². The minimum atomic E-state index is -0.420. The topological polar surface area (TPSA) is 55.0 Å². The maximum absolute atomic E-state index is 12.4. The molecule has 0 unspecified atom stereocenters. The third-order valence-corrected chi connectivity index (χ3v) is 4.65. The van der Waals surface area contributed by atoms with E-state index in [1.54, 1.807) is 24.7 Å². The molecule has 0 N–H and O–H groups in total. The van der Waals surface area contributed by atoms with Gasteiger partial charge < -0.3 is 9.30 Å². The van der Waals surface area contributed by atoms with Crippen LogP contribution in [0.3, 0.4) is 0 Å². The Labute approximate surface area is 159 Å². The number of benzene rings is 2. The molecule has 0 aliphatic heterocycles. The lowest BCUT2D eigenvalue weighted by molar-refractivity contribution is 0.0516. The molecule has 27 heavy (non-hydrogen) atoms. The van der Waals surface area contributed by atoms with Gasteiger partial charge in [-0.25, -0.2) is 4.79 Å². The minimum Gasteiger partial charge on any atom is -0.461 e. The second-order valence-corrected chi connectivity index (χ2v) is 6.30. The number of rotatable bonds is 5. The summed E-state index contributed by atoms with van der Waals surface area (Å²) in [4.78, 5) is 12.4. The van der Waals surface area contributed by atoms with Gasteiger partial charge in [0.1, 0.15) is 11.8 Å². The molecule has 0 spiro atoms. The molecule has 0 bridgehead atoms. The van der Waals surface area contributed by atoms with Crippen molar-refractivity contribution in [3.63, 3.8) is 0 Å². The van der Waals surface area contributed by atoms with Crippen molar-refractivity contribution in [2.45, 2.75) is 20.3 Å². The Morgan fingerprint density at radius 1 is 1.07 bits per heavy atom. The van der Waals surface area contributed by atoms with E-state index in [1.165, 1.54) is 11.1 Å². The van der Waals surface area contributed by atoms with Crippen molar-refractivity contribution in [1.29, 1.82) is 5.26 Å². The van der Waals surface area contributed by atoms with Crippen LogP contribution in [0.2, 0.25) is 0 Å². The van der Waals surface area contributed by atoms with Gasteiger partial charge in [0.05, 0.1) is 12.2 Å². The van der Waals surface area contributed by atoms with Crippen LogP contribution in [-0.2, 0) is 18.2 Å². The number of hydrogen-bond acceptors (Lipinski definition) is 3. The SMILES string of the molecule is CCOC(=O)c1c(-c2ccc(-c3ccccc3CC)cc2)c(C#N)cn1C. The third-order valence-electron chi connectivity index (χ3n) is 4.65. The second kappa shape index (κ2) is 7.92. The third kappa shape index (κ3) is 3.50. The molecule has 0 atom stereocenters. The van der Waals surface area contributed by atoms with Crippen molar-refractivity contribution in [3.8, 4) is 28.3 Å². The molecule has 0 amide bonds. The Morgan fingerprint density at radius 2 is 1.74 bits per heavy atom. The summed E-state index contributed by atoms with van der Waals surface area (Å²) in [7, 11) is 1.75. The van der Waals surface area contributed by atoms with Gasteiger partial charge in [-0.3, -0.25) is 0 Å². The molecule has 2 aromatic carbocycles. The standard InChI is InChI=1S/C23H22N2O2/c1-4-16-8-6-7-9-20(16)17-10-12-18(13-11-17)21-19(14-24)15-25(3)22(21)23(26)27-5-2/h6-13,15H,4-5H2,1-3H3. The number of esters is 1. The maximum atomic E-state index is 12.4. The molecular weight excluding hydrogens is 336 g/mol. The van der Waals surface area contributed by atoms with Crippen LogP contribution >= 0.6 is 0 Å². The van der Waals surface area contributed by atoms with Crippen molar-refractivity contribution >= 4 is 5.97 Å². The Balaban J connectivity index is 2.08. The average Bonchev–Trinajstić information content (AvgIpc) is 3.04. The van der Waals surface area contributed by atoms with E-state index >= 15 is 0 Å². The summed E-state index contributed by atoms with van der Waals surface area (Å²) in [5, 5.41) is 9.51. The first-order chi connectivity index (χ1) is 13.1. The van der Waals surface area contributed by atoms with Crippen molar-refractivity contribution in [2.75, 3.05) is 6.61 Å². The Morgan fingerprint density at radius 3 is 2.37 bits per heavy atom. The molecule has 0 radical (unpaired) electrons. The quantitative estimate of drug-likeness (QED) is 0.605. The minimum absolute atomic E-state index is 0.290. The summed E-state index contributed by atoms with van der Waals surface area (Å²) < 4.78 is 6.84. The number of ether oxygens (including phenoxy) is 1. The van der Waals surface area contributed by atoms with Gasteiger partial charge in [0.2, 0.25) is 0 Å². The first-order valence-corrected chi connectivity index (χ1v) is 9.05. The van der Waals surface area contributed by atoms with Crippen molar-refractivity contribution in [1.82, 2.24) is 4.57 Å². The molecule has 1 aromatic heterocycles. The fourth-order valence-corrected chi connectivity index (χ4v) is 3.38. The maximum Gasteiger partial charge on any atom is 0.355 e.